The van der Waals surface area contributed by atoms with Crippen molar-refractivity contribution in [3.63, 3.8) is 0 Å². The van der Waals surface area contributed by atoms with E-state index in [1.54, 1.807) is 6.07 Å². The van der Waals surface area contributed by atoms with E-state index in [9.17, 15) is 9.18 Å². The van der Waals surface area contributed by atoms with Gasteiger partial charge in [-0.1, -0.05) is 17.7 Å². The van der Waals surface area contributed by atoms with Gasteiger partial charge in [0.15, 0.2) is 0 Å². The fourth-order valence-electron chi connectivity index (χ4n) is 3.68. The summed E-state index contributed by atoms with van der Waals surface area (Å²) in [5.41, 5.74) is 3.36. The molecule has 0 saturated heterocycles. The molecule has 0 bridgehead atoms. The van der Waals surface area contributed by atoms with Crippen LogP contribution in [0.4, 0.5) is 15.8 Å². The lowest BCUT2D eigenvalue weighted by Gasteiger charge is -2.42. The molecule has 4 nitrogen and oxygen atoms in total. The number of hydrogen-bond acceptors (Lipinski definition) is 3. The number of benzene rings is 2. The highest BCUT2D eigenvalue weighted by Gasteiger charge is 2.30. The molecule has 0 spiro atoms. The van der Waals surface area contributed by atoms with Gasteiger partial charge in [-0.05, 0) is 63.6 Å². The Morgan fingerprint density at radius 1 is 1.32 bits per heavy atom. The minimum atomic E-state index is -1.07. The van der Waals surface area contributed by atoms with Crippen LogP contribution >= 0.6 is 11.6 Å². The molecule has 146 valence electrons. The molecule has 1 N–H and O–H groups in total. The smallest absolute Gasteiger partial charge is 0.335 e. The van der Waals surface area contributed by atoms with Crippen LogP contribution in [0.3, 0.4) is 0 Å². The number of carbonyl (C=O) groups is 1. The van der Waals surface area contributed by atoms with Crippen molar-refractivity contribution >= 4 is 40.7 Å². The van der Waals surface area contributed by atoms with Crippen molar-refractivity contribution in [2.24, 2.45) is 4.99 Å². The maximum absolute atomic E-state index is 14.8. The Balaban J connectivity index is 2.04. The molecule has 0 fully saturated rings. The molecule has 0 saturated carbocycles. The third kappa shape index (κ3) is 3.67. The number of allylic oxidation sites excluding steroid dienone is 1. The number of anilines is 1. The highest BCUT2D eigenvalue weighted by atomic mass is 35.5. The summed E-state index contributed by atoms with van der Waals surface area (Å²) in [6.07, 6.45) is 3.55. The van der Waals surface area contributed by atoms with Gasteiger partial charge in [-0.15, -0.1) is 0 Å². The van der Waals surface area contributed by atoms with Crippen LogP contribution in [0.5, 0.6) is 0 Å². The number of hydrogen-bond donors (Lipinski definition) is 1. The number of fused-ring (bicyclic) bond motifs is 1. The Morgan fingerprint density at radius 3 is 2.68 bits per heavy atom. The van der Waals surface area contributed by atoms with E-state index in [0.717, 1.165) is 23.4 Å². The lowest BCUT2D eigenvalue weighted by atomic mass is 9.88. The summed E-state index contributed by atoms with van der Waals surface area (Å²) < 4.78 is 14.8. The zero-order valence-electron chi connectivity index (χ0n) is 16.3. The summed E-state index contributed by atoms with van der Waals surface area (Å²) in [7, 11) is 0. The number of carboxylic acid groups (broad SMARTS) is 1. The van der Waals surface area contributed by atoms with E-state index in [-0.39, 0.29) is 16.8 Å². The molecule has 0 aromatic heterocycles. The first-order chi connectivity index (χ1) is 13.1. The van der Waals surface area contributed by atoms with Crippen molar-refractivity contribution < 1.29 is 14.3 Å². The molecular formula is C22H22ClFN2O2. The monoisotopic (exact) mass is 400 g/mol. The number of rotatable bonds is 4. The fraction of sp³-hybridized carbons (Fsp3) is 0.273. The number of carboxylic acids is 1. The fourth-order valence-corrected chi connectivity index (χ4v) is 3.84. The first-order valence-electron chi connectivity index (χ1n) is 9.02. The Kier molecular flexibility index (Phi) is 5.31. The lowest BCUT2D eigenvalue weighted by Crippen LogP contribution is -2.45. The average molecular weight is 401 g/mol. The highest BCUT2D eigenvalue weighted by molar-refractivity contribution is 6.33. The Morgan fingerprint density at radius 2 is 2.04 bits per heavy atom. The molecule has 1 heterocycles. The van der Waals surface area contributed by atoms with Crippen LogP contribution in [0.15, 0.2) is 41.4 Å². The maximum Gasteiger partial charge on any atom is 0.335 e. The molecule has 0 amide bonds. The van der Waals surface area contributed by atoms with Gasteiger partial charge < -0.3 is 10.0 Å². The van der Waals surface area contributed by atoms with E-state index in [0.29, 0.717) is 10.6 Å². The topological polar surface area (TPSA) is 52.9 Å². The minimum absolute atomic E-state index is 0.0714. The zero-order valence-corrected chi connectivity index (χ0v) is 17.0. The summed E-state index contributed by atoms with van der Waals surface area (Å²) in [5, 5.41) is 9.42. The first-order valence-corrected chi connectivity index (χ1v) is 9.39. The van der Waals surface area contributed by atoms with Gasteiger partial charge in [0.1, 0.15) is 5.82 Å². The SMILES string of the molecule is CCN1c2cc(F)c(C=Nc3cc(C(=O)O)ccc3Cl)cc2C(C)=CC1(C)C. The molecule has 2 aromatic carbocycles. The van der Waals surface area contributed by atoms with Crippen molar-refractivity contribution in [2.75, 3.05) is 11.4 Å². The van der Waals surface area contributed by atoms with Gasteiger partial charge in [0.25, 0.3) is 0 Å². The molecule has 28 heavy (non-hydrogen) atoms. The van der Waals surface area contributed by atoms with E-state index in [2.05, 4.69) is 29.8 Å². The van der Waals surface area contributed by atoms with E-state index in [4.69, 9.17) is 16.7 Å². The predicted molar refractivity (Wildman–Crippen MR) is 113 cm³/mol. The van der Waals surface area contributed by atoms with Crippen LogP contribution in [0.2, 0.25) is 5.02 Å². The van der Waals surface area contributed by atoms with Crippen molar-refractivity contribution in [2.45, 2.75) is 33.2 Å². The normalized spacial score (nSPS) is 15.5. The van der Waals surface area contributed by atoms with Crippen molar-refractivity contribution in [1.82, 2.24) is 0 Å². The summed E-state index contributed by atoms with van der Waals surface area (Å²) in [4.78, 5) is 17.5. The largest absolute Gasteiger partial charge is 0.478 e. The highest BCUT2D eigenvalue weighted by Crippen LogP contribution is 2.39. The average Bonchev–Trinajstić information content (AvgIpc) is 2.61. The van der Waals surface area contributed by atoms with Gasteiger partial charge in [0, 0.05) is 29.6 Å². The standard InChI is InChI=1S/C22H22ClFN2O2/c1-5-26-20-10-18(24)15(8-16(20)13(2)11-22(26,3)4)12-25-19-9-14(21(27)28)6-7-17(19)23/h6-12H,5H2,1-4H3,(H,27,28). The van der Waals surface area contributed by atoms with Gasteiger partial charge in [-0.3, -0.25) is 4.99 Å². The molecule has 0 radical (unpaired) electrons. The number of aliphatic imine (C=N–C) groups is 1. The van der Waals surface area contributed by atoms with Gasteiger partial charge in [-0.2, -0.15) is 0 Å². The van der Waals surface area contributed by atoms with Crippen LogP contribution in [0, 0.1) is 5.82 Å². The van der Waals surface area contributed by atoms with Crippen molar-refractivity contribution in [1.29, 1.82) is 0 Å². The Labute approximate surface area is 169 Å². The zero-order chi connectivity index (χ0) is 20.6. The molecule has 2 aromatic rings. The van der Waals surface area contributed by atoms with E-state index in [1.807, 2.05) is 13.8 Å². The molecule has 0 aliphatic carbocycles. The molecule has 6 heteroatoms. The van der Waals surface area contributed by atoms with Gasteiger partial charge >= 0.3 is 5.97 Å². The summed E-state index contributed by atoms with van der Waals surface area (Å²) in [6, 6.07) is 7.54. The number of nitrogens with zero attached hydrogens (tertiary/aromatic N) is 2. The third-order valence-corrected chi connectivity index (χ3v) is 5.27. The predicted octanol–water partition coefficient (Wildman–Crippen LogP) is 5.95. The summed E-state index contributed by atoms with van der Waals surface area (Å²) >= 11 is 6.10. The second-order valence-electron chi connectivity index (χ2n) is 7.35. The van der Waals surface area contributed by atoms with Crippen LogP contribution in [0.25, 0.3) is 5.57 Å². The van der Waals surface area contributed by atoms with Gasteiger partial charge in [-0.25, -0.2) is 9.18 Å². The minimum Gasteiger partial charge on any atom is -0.478 e. The maximum atomic E-state index is 14.8. The van der Waals surface area contributed by atoms with Crippen molar-refractivity contribution in [3.05, 3.63) is 63.9 Å². The van der Waals surface area contributed by atoms with Gasteiger partial charge in [0.05, 0.1) is 21.8 Å². The third-order valence-electron chi connectivity index (χ3n) is 4.95. The van der Waals surface area contributed by atoms with Crippen LogP contribution in [-0.2, 0) is 0 Å². The van der Waals surface area contributed by atoms with Crippen LogP contribution in [0.1, 0.15) is 49.2 Å². The lowest BCUT2D eigenvalue weighted by molar-refractivity contribution is 0.0697. The molecular weight excluding hydrogens is 379 g/mol. The van der Waals surface area contributed by atoms with Crippen molar-refractivity contribution in [3.8, 4) is 0 Å². The number of aromatic carboxylic acids is 1. The Hall–Kier alpha value is -2.66. The first kappa shape index (κ1) is 20.1. The number of likely N-dealkylation sites (N-methyl/N-ethyl adjacent to an activating group) is 1. The Bertz CT molecular complexity index is 1010. The van der Waals surface area contributed by atoms with E-state index < -0.39 is 11.8 Å². The van der Waals surface area contributed by atoms with E-state index in [1.165, 1.54) is 30.5 Å². The molecule has 1 aliphatic rings. The summed E-state index contributed by atoms with van der Waals surface area (Å²) in [6.45, 7) is 9.03. The van der Waals surface area contributed by atoms with Crippen LogP contribution in [-0.4, -0.2) is 29.4 Å². The van der Waals surface area contributed by atoms with Gasteiger partial charge in [0.2, 0.25) is 0 Å². The molecule has 0 atom stereocenters. The molecule has 1 aliphatic heterocycles. The quantitative estimate of drug-likeness (QED) is 0.645. The number of halogens is 2. The molecule has 0 unspecified atom stereocenters. The summed E-state index contributed by atoms with van der Waals surface area (Å²) in [5.74, 6) is -1.46. The second-order valence-corrected chi connectivity index (χ2v) is 7.75. The van der Waals surface area contributed by atoms with E-state index >= 15 is 0 Å². The second kappa shape index (κ2) is 7.40. The van der Waals surface area contributed by atoms with Crippen LogP contribution < -0.4 is 4.90 Å². The molecule has 3 rings (SSSR count).